The summed E-state index contributed by atoms with van der Waals surface area (Å²) in [5, 5.41) is 2.50. The SMILES string of the molecule is COc1ccccc1N1CCNC(=O)C1=O. The van der Waals surface area contributed by atoms with Gasteiger partial charge >= 0.3 is 11.8 Å². The lowest BCUT2D eigenvalue weighted by Crippen LogP contribution is -2.52. The molecule has 0 saturated carbocycles. The highest BCUT2D eigenvalue weighted by Crippen LogP contribution is 2.27. The van der Waals surface area contributed by atoms with E-state index in [1.54, 1.807) is 18.2 Å². The first-order valence-corrected chi connectivity index (χ1v) is 4.96. The summed E-state index contributed by atoms with van der Waals surface area (Å²) in [6.07, 6.45) is 0. The second-order valence-corrected chi connectivity index (χ2v) is 3.38. The number of para-hydroxylation sites is 2. The molecule has 1 heterocycles. The van der Waals surface area contributed by atoms with Gasteiger partial charge in [-0.3, -0.25) is 14.5 Å². The van der Waals surface area contributed by atoms with Crippen LogP contribution >= 0.6 is 0 Å². The van der Waals surface area contributed by atoms with Crippen molar-refractivity contribution in [2.75, 3.05) is 25.1 Å². The van der Waals surface area contributed by atoms with Gasteiger partial charge in [0.2, 0.25) is 0 Å². The van der Waals surface area contributed by atoms with E-state index in [4.69, 9.17) is 4.74 Å². The number of amides is 2. The van der Waals surface area contributed by atoms with Crippen LogP contribution in [0, 0.1) is 0 Å². The standard InChI is InChI=1S/C11H12N2O3/c1-16-9-5-3-2-4-8(9)13-7-6-12-10(14)11(13)15/h2-5H,6-7H2,1H3,(H,12,14). The molecule has 0 aliphatic carbocycles. The van der Waals surface area contributed by atoms with Crippen molar-refractivity contribution < 1.29 is 14.3 Å². The predicted octanol–water partition coefficient (Wildman–Crippen LogP) is 0.158. The van der Waals surface area contributed by atoms with E-state index >= 15 is 0 Å². The summed E-state index contributed by atoms with van der Waals surface area (Å²) in [7, 11) is 1.54. The van der Waals surface area contributed by atoms with E-state index in [9.17, 15) is 9.59 Å². The smallest absolute Gasteiger partial charge is 0.316 e. The molecule has 1 aliphatic rings. The van der Waals surface area contributed by atoms with E-state index in [0.29, 0.717) is 24.5 Å². The van der Waals surface area contributed by atoms with Crippen LogP contribution in [0.1, 0.15) is 0 Å². The van der Waals surface area contributed by atoms with Crippen LogP contribution in [-0.2, 0) is 9.59 Å². The molecule has 0 radical (unpaired) electrons. The fourth-order valence-electron chi connectivity index (χ4n) is 1.66. The molecule has 0 unspecified atom stereocenters. The Bertz CT molecular complexity index is 431. The van der Waals surface area contributed by atoms with Crippen LogP contribution < -0.4 is 15.0 Å². The molecular formula is C11H12N2O3. The number of piperazine rings is 1. The number of ether oxygens (including phenoxy) is 1. The summed E-state index contributed by atoms with van der Waals surface area (Å²) >= 11 is 0. The van der Waals surface area contributed by atoms with Crippen LogP contribution in [0.4, 0.5) is 5.69 Å². The van der Waals surface area contributed by atoms with Gasteiger partial charge in [0.05, 0.1) is 12.8 Å². The quantitative estimate of drug-likeness (QED) is 0.722. The molecule has 84 valence electrons. The average molecular weight is 220 g/mol. The first-order chi connectivity index (χ1) is 7.74. The number of hydrogen-bond donors (Lipinski definition) is 1. The lowest BCUT2D eigenvalue weighted by atomic mass is 10.2. The number of anilines is 1. The number of nitrogens with one attached hydrogen (secondary N) is 1. The van der Waals surface area contributed by atoms with E-state index < -0.39 is 11.8 Å². The summed E-state index contributed by atoms with van der Waals surface area (Å²) < 4.78 is 5.16. The van der Waals surface area contributed by atoms with Gasteiger partial charge in [0.15, 0.2) is 0 Å². The molecule has 1 saturated heterocycles. The van der Waals surface area contributed by atoms with E-state index in [1.165, 1.54) is 12.0 Å². The van der Waals surface area contributed by atoms with Gasteiger partial charge in [0.25, 0.3) is 0 Å². The van der Waals surface area contributed by atoms with E-state index in [2.05, 4.69) is 5.32 Å². The molecule has 1 N–H and O–H groups in total. The Balaban J connectivity index is 2.35. The van der Waals surface area contributed by atoms with Crippen molar-refractivity contribution in [3.05, 3.63) is 24.3 Å². The zero-order valence-corrected chi connectivity index (χ0v) is 8.90. The van der Waals surface area contributed by atoms with E-state index in [-0.39, 0.29) is 0 Å². The maximum absolute atomic E-state index is 11.7. The number of carbonyl (C=O) groups is 2. The molecule has 0 aromatic heterocycles. The second-order valence-electron chi connectivity index (χ2n) is 3.38. The molecule has 5 nitrogen and oxygen atoms in total. The minimum absolute atomic E-state index is 0.461. The summed E-state index contributed by atoms with van der Waals surface area (Å²) in [6.45, 7) is 0.924. The maximum Gasteiger partial charge on any atom is 0.316 e. The van der Waals surface area contributed by atoms with Crippen molar-refractivity contribution in [3.63, 3.8) is 0 Å². The number of methoxy groups -OCH3 is 1. The highest BCUT2D eigenvalue weighted by molar-refractivity contribution is 6.41. The molecule has 5 heteroatoms. The number of benzene rings is 1. The van der Waals surface area contributed by atoms with Crippen LogP contribution in [0.25, 0.3) is 0 Å². The van der Waals surface area contributed by atoms with Crippen molar-refractivity contribution in [2.45, 2.75) is 0 Å². The maximum atomic E-state index is 11.7. The van der Waals surface area contributed by atoms with Crippen LogP contribution in [0.2, 0.25) is 0 Å². The Kier molecular flexibility index (Phi) is 2.76. The van der Waals surface area contributed by atoms with Crippen molar-refractivity contribution in [1.82, 2.24) is 5.32 Å². The summed E-state index contributed by atoms with van der Waals surface area (Å²) in [6, 6.07) is 7.14. The molecule has 0 atom stereocenters. The minimum atomic E-state index is -0.572. The molecule has 1 fully saturated rings. The summed E-state index contributed by atoms with van der Waals surface area (Å²) in [5.41, 5.74) is 0.629. The summed E-state index contributed by atoms with van der Waals surface area (Å²) in [5.74, 6) is -0.529. The molecule has 1 aliphatic heterocycles. The van der Waals surface area contributed by atoms with Crippen LogP contribution in [-0.4, -0.2) is 32.0 Å². The highest BCUT2D eigenvalue weighted by atomic mass is 16.5. The zero-order chi connectivity index (χ0) is 11.5. The van der Waals surface area contributed by atoms with Gasteiger partial charge < -0.3 is 10.1 Å². The summed E-state index contributed by atoms with van der Waals surface area (Å²) in [4.78, 5) is 24.3. The first kappa shape index (κ1) is 10.5. The van der Waals surface area contributed by atoms with Crippen molar-refractivity contribution in [2.24, 2.45) is 0 Å². The molecular weight excluding hydrogens is 208 g/mol. The predicted molar refractivity (Wildman–Crippen MR) is 58.4 cm³/mol. The normalized spacial score (nSPS) is 15.9. The molecule has 0 bridgehead atoms. The van der Waals surface area contributed by atoms with Crippen LogP contribution in [0.5, 0.6) is 5.75 Å². The number of rotatable bonds is 2. The van der Waals surface area contributed by atoms with Crippen LogP contribution in [0.3, 0.4) is 0 Å². The monoisotopic (exact) mass is 220 g/mol. The molecule has 1 aromatic carbocycles. The van der Waals surface area contributed by atoms with Gasteiger partial charge in [-0.1, -0.05) is 12.1 Å². The fraction of sp³-hybridized carbons (Fsp3) is 0.273. The lowest BCUT2D eigenvalue weighted by Gasteiger charge is -2.27. The average Bonchev–Trinajstić information content (AvgIpc) is 2.33. The molecule has 0 spiro atoms. The Morgan fingerprint density at radius 3 is 2.81 bits per heavy atom. The Morgan fingerprint density at radius 2 is 2.06 bits per heavy atom. The van der Waals surface area contributed by atoms with Crippen molar-refractivity contribution in [1.29, 1.82) is 0 Å². The third-order valence-electron chi connectivity index (χ3n) is 2.44. The minimum Gasteiger partial charge on any atom is -0.495 e. The van der Waals surface area contributed by atoms with Crippen LogP contribution in [0.15, 0.2) is 24.3 Å². The molecule has 16 heavy (non-hydrogen) atoms. The molecule has 2 amide bonds. The number of carbonyl (C=O) groups excluding carboxylic acids is 2. The second kappa shape index (κ2) is 4.22. The largest absolute Gasteiger partial charge is 0.495 e. The third kappa shape index (κ3) is 1.71. The van der Waals surface area contributed by atoms with Gasteiger partial charge in [-0.05, 0) is 12.1 Å². The fourth-order valence-corrected chi connectivity index (χ4v) is 1.66. The molecule has 2 rings (SSSR count). The van der Waals surface area contributed by atoms with Gasteiger partial charge in [0.1, 0.15) is 5.75 Å². The Labute approximate surface area is 93.0 Å². The van der Waals surface area contributed by atoms with Gasteiger partial charge in [-0.15, -0.1) is 0 Å². The zero-order valence-electron chi connectivity index (χ0n) is 8.90. The van der Waals surface area contributed by atoms with Gasteiger partial charge in [-0.2, -0.15) is 0 Å². The van der Waals surface area contributed by atoms with Crippen molar-refractivity contribution in [3.8, 4) is 5.75 Å². The number of nitrogens with zero attached hydrogens (tertiary/aromatic N) is 1. The number of hydrogen-bond acceptors (Lipinski definition) is 3. The van der Waals surface area contributed by atoms with Gasteiger partial charge in [0, 0.05) is 13.1 Å². The third-order valence-corrected chi connectivity index (χ3v) is 2.44. The molecule has 1 aromatic rings. The van der Waals surface area contributed by atoms with E-state index in [0.717, 1.165) is 0 Å². The van der Waals surface area contributed by atoms with E-state index in [1.807, 2.05) is 6.07 Å². The topological polar surface area (TPSA) is 58.6 Å². The Hall–Kier alpha value is -2.04. The first-order valence-electron chi connectivity index (χ1n) is 4.96. The Morgan fingerprint density at radius 1 is 1.31 bits per heavy atom. The highest BCUT2D eigenvalue weighted by Gasteiger charge is 2.28. The van der Waals surface area contributed by atoms with Crippen molar-refractivity contribution >= 4 is 17.5 Å². The lowest BCUT2D eigenvalue weighted by molar-refractivity contribution is -0.138. The van der Waals surface area contributed by atoms with Gasteiger partial charge in [-0.25, -0.2) is 0 Å².